The molecule has 2 atom stereocenters. The number of nitrogens with one attached hydrogen (secondary N) is 1. The van der Waals surface area contributed by atoms with Gasteiger partial charge in [-0.2, -0.15) is 0 Å². The predicted molar refractivity (Wildman–Crippen MR) is 66.4 cm³/mol. The Balaban J connectivity index is 1.84. The Labute approximate surface area is 97.7 Å². The van der Waals surface area contributed by atoms with Gasteiger partial charge in [0.2, 0.25) is 0 Å². The largest absolute Gasteiger partial charge is 0.508 e. The molecule has 88 valence electrons. The van der Waals surface area contributed by atoms with Crippen LogP contribution in [0.5, 0.6) is 5.75 Å². The topological polar surface area (TPSA) is 32.3 Å². The van der Waals surface area contributed by atoms with Crippen molar-refractivity contribution in [3.63, 3.8) is 0 Å². The molecule has 1 aromatic rings. The quantitative estimate of drug-likeness (QED) is 0.819. The minimum absolute atomic E-state index is 0.342. The molecule has 0 spiro atoms. The van der Waals surface area contributed by atoms with Crippen LogP contribution in [0.2, 0.25) is 0 Å². The van der Waals surface area contributed by atoms with Gasteiger partial charge in [-0.1, -0.05) is 31.9 Å². The molecule has 2 N–H and O–H groups in total. The maximum absolute atomic E-state index is 9.20. The highest BCUT2D eigenvalue weighted by atomic mass is 16.3. The predicted octanol–water partition coefficient (Wildman–Crippen LogP) is 3.06. The number of hydrogen-bond acceptors (Lipinski definition) is 2. The van der Waals surface area contributed by atoms with Crippen molar-refractivity contribution in [1.29, 1.82) is 0 Å². The van der Waals surface area contributed by atoms with E-state index in [-0.39, 0.29) is 0 Å². The minimum Gasteiger partial charge on any atom is -0.508 e. The summed E-state index contributed by atoms with van der Waals surface area (Å²) in [5.41, 5.74) is 1.25. The molecule has 2 heteroatoms. The summed E-state index contributed by atoms with van der Waals surface area (Å²) in [7, 11) is 0. The molecule has 16 heavy (non-hydrogen) atoms. The average Bonchev–Trinajstić information content (AvgIpc) is 2.30. The highest BCUT2D eigenvalue weighted by Crippen LogP contribution is 2.24. The van der Waals surface area contributed by atoms with Crippen LogP contribution in [0.25, 0.3) is 0 Å². The van der Waals surface area contributed by atoms with Gasteiger partial charge in [-0.05, 0) is 36.5 Å². The molecule has 2 rings (SSSR count). The number of phenolic OH excluding ortho intramolecular Hbond substituents is 1. The number of rotatable bonds is 3. The highest BCUT2D eigenvalue weighted by molar-refractivity contribution is 5.25. The molecule has 0 saturated heterocycles. The summed E-state index contributed by atoms with van der Waals surface area (Å²) in [6.07, 6.45) is 5.41. The smallest absolute Gasteiger partial charge is 0.115 e. The number of benzene rings is 1. The molecule has 1 aliphatic carbocycles. The van der Waals surface area contributed by atoms with Crippen molar-refractivity contribution >= 4 is 0 Å². The van der Waals surface area contributed by atoms with E-state index in [0.717, 1.165) is 12.5 Å². The van der Waals surface area contributed by atoms with E-state index >= 15 is 0 Å². The number of aromatic hydroxyl groups is 1. The second-order valence-corrected chi connectivity index (χ2v) is 4.92. The van der Waals surface area contributed by atoms with E-state index in [1.807, 2.05) is 12.1 Å². The van der Waals surface area contributed by atoms with Crippen LogP contribution in [0, 0.1) is 5.92 Å². The van der Waals surface area contributed by atoms with Crippen molar-refractivity contribution in [3.8, 4) is 5.75 Å². The van der Waals surface area contributed by atoms with E-state index in [9.17, 15) is 5.11 Å². The van der Waals surface area contributed by atoms with Gasteiger partial charge in [0.05, 0.1) is 0 Å². The first-order chi connectivity index (χ1) is 7.75. The zero-order chi connectivity index (χ0) is 11.4. The maximum atomic E-state index is 9.20. The fourth-order valence-corrected chi connectivity index (χ4v) is 2.48. The lowest BCUT2D eigenvalue weighted by Crippen LogP contribution is -2.36. The molecule has 1 aromatic carbocycles. The van der Waals surface area contributed by atoms with Crippen molar-refractivity contribution in [1.82, 2.24) is 5.32 Å². The molecule has 0 bridgehead atoms. The fraction of sp³-hybridized carbons (Fsp3) is 0.571. The molecule has 2 unspecified atom stereocenters. The lowest BCUT2D eigenvalue weighted by molar-refractivity contribution is 0.279. The first kappa shape index (κ1) is 11.5. The Morgan fingerprint density at radius 2 is 1.88 bits per heavy atom. The summed E-state index contributed by atoms with van der Waals surface area (Å²) in [6, 6.07) is 8.14. The third-order valence-corrected chi connectivity index (χ3v) is 3.62. The van der Waals surface area contributed by atoms with Gasteiger partial charge >= 0.3 is 0 Å². The van der Waals surface area contributed by atoms with E-state index < -0.39 is 0 Å². The minimum atomic E-state index is 0.342. The summed E-state index contributed by atoms with van der Waals surface area (Å²) in [5, 5.41) is 12.8. The van der Waals surface area contributed by atoms with Crippen molar-refractivity contribution in [3.05, 3.63) is 29.8 Å². The number of phenols is 1. The highest BCUT2D eigenvalue weighted by Gasteiger charge is 2.20. The Morgan fingerprint density at radius 3 is 2.56 bits per heavy atom. The van der Waals surface area contributed by atoms with Crippen LogP contribution in [0.3, 0.4) is 0 Å². The molecular weight excluding hydrogens is 198 g/mol. The van der Waals surface area contributed by atoms with Crippen LogP contribution in [-0.2, 0) is 6.54 Å². The van der Waals surface area contributed by atoms with Gasteiger partial charge in [0.15, 0.2) is 0 Å². The van der Waals surface area contributed by atoms with Crippen LogP contribution in [0.1, 0.15) is 38.2 Å². The molecule has 0 aliphatic heterocycles. The normalized spacial score (nSPS) is 25.6. The Hall–Kier alpha value is -1.02. The summed E-state index contributed by atoms with van der Waals surface area (Å²) in [5.74, 6) is 1.14. The van der Waals surface area contributed by atoms with Crippen molar-refractivity contribution in [2.45, 2.75) is 45.2 Å². The molecule has 1 fully saturated rings. The van der Waals surface area contributed by atoms with Crippen molar-refractivity contribution < 1.29 is 5.11 Å². The molecule has 1 aliphatic rings. The van der Waals surface area contributed by atoms with Crippen molar-refractivity contribution in [2.75, 3.05) is 0 Å². The van der Waals surface area contributed by atoms with Gasteiger partial charge < -0.3 is 10.4 Å². The lowest BCUT2D eigenvalue weighted by Gasteiger charge is -2.29. The van der Waals surface area contributed by atoms with Gasteiger partial charge in [-0.3, -0.25) is 0 Å². The van der Waals surface area contributed by atoms with Gasteiger partial charge in [-0.25, -0.2) is 0 Å². The second kappa shape index (κ2) is 5.35. The molecule has 2 nitrogen and oxygen atoms in total. The van der Waals surface area contributed by atoms with Crippen LogP contribution in [-0.4, -0.2) is 11.1 Å². The van der Waals surface area contributed by atoms with Crippen LogP contribution in [0.4, 0.5) is 0 Å². The molecule has 0 amide bonds. The van der Waals surface area contributed by atoms with Crippen LogP contribution >= 0.6 is 0 Å². The van der Waals surface area contributed by atoms with Gasteiger partial charge in [-0.15, -0.1) is 0 Å². The van der Waals surface area contributed by atoms with E-state index in [1.54, 1.807) is 12.1 Å². The third kappa shape index (κ3) is 2.99. The lowest BCUT2D eigenvalue weighted by atomic mass is 9.86. The third-order valence-electron chi connectivity index (χ3n) is 3.62. The van der Waals surface area contributed by atoms with Gasteiger partial charge in [0, 0.05) is 12.6 Å². The van der Waals surface area contributed by atoms with Gasteiger partial charge in [0.1, 0.15) is 5.75 Å². The number of hydrogen-bond donors (Lipinski definition) is 2. The first-order valence-corrected chi connectivity index (χ1v) is 6.27. The Bertz CT molecular complexity index is 320. The van der Waals surface area contributed by atoms with Crippen LogP contribution in [0.15, 0.2) is 24.3 Å². The Kier molecular flexibility index (Phi) is 3.83. The van der Waals surface area contributed by atoms with Crippen molar-refractivity contribution in [2.24, 2.45) is 5.92 Å². The van der Waals surface area contributed by atoms with Gasteiger partial charge in [0.25, 0.3) is 0 Å². The van der Waals surface area contributed by atoms with E-state index in [2.05, 4.69) is 12.2 Å². The maximum Gasteiger partial charge on any atom is 0.115 e. The molecule has 0 heterocycles. The SMILES string of the molecule is CC1CCCCC1NCc1ccc(O)cc1. The molecular formula is C14H21NO. The monoisotopic (exact) mass is 219 g/mol. The van der Waals surface area contributed by atoms with E-state index in [4.69, 9.17) is 0 Å². The zero-order valence-electron chi connectivity index (χ0n) is 9.95. The van der Waals surface area contributed by atoms with E-state index in [1.165, 1.54) is 31.2 Å². The fourth-order valence-electron chi connectivity index (χ4n) is 2.48. The van der Waals surface area contributed by atoms with Crippen LogP contribution < -0.4 is 5.32 Å². The van der Waals surface area contributed by atoms with E-state index in [0.29, 0.717) is 11.8 Å². The molecule has 0 radical (unpaired) electrons. The molecule has 1 saturated carbocycles. The summed E-state index contributed by atoms with van der Waals surface area (Å²) in [6.45, 7) is 3.25. The average molecular weight is 219 g/mol. The zero-order valence-corrected chi connectivity index (χ0v) is 9.95. The Morgan fingerprint density at radius 1 is 1.19 bits per heavy atom. The summed E-state index contributed by atoms with van der Waals surface area (Å²) < 4.78 is 0. The molecule has 0 aromatic heterocycles. The second-order valence-electron chi connectivity index (χ2n) is 4.92. The summed E-state index contributed by atoms with van der Waals surface area (Å²) in [4.78, 5) is 0. The summed E-state index contributed by atoms with van der Waals surface area (Å²) >= 11 is 0. The standard InChI is InChI=1S/C14H21NO/c1-11-4-2-3-5-14(11)15-10-12-6-8-13(16)9-7-12/h6-9,11,14-16H,2-5,10H2,1H3. The first-order valence-electron chi connectivity index (χ1n) is 6.27.